The van der Waals surface area contributed by atoms with Gasteiger partial charge in [0, 0.05) is 32.2 Å². The van der Waals surface area contributed by atoms with Crippen molar-refractivity contribution in [1.29, 1.82) is 0 Å². The predicted molar refractivity (Wildman–Crippen MR) is 137 cm³/mol. The van der Waals surface area contributed by atoms with Crippen LogP contribution < -0.4 is 4.90 Å². The molecule has 1 aromatic carbocycles. The van der Waals surface area contributed by atoms with Gasteiger partial charge in [0.25, 0.3) is 5.69 Å². The van der Waals surface area contributed by atoms with E-state index in [4.69, 9.17) is 14.2 Å². The van der Waals surface area contributed by atoms with Crippen LogP contribution in [0.3, 0.4) is 0 Å². The van der Waals surface area contributed by atoms with E-state index in [9.17, 15) is 24.5 Å². The third-order valence-corrected chi connectivity index (χ3v) is 4.30. The summed E-state index contributed by atoms with van der Waals surface area (Å²) in [6.07, 6.45) is -2.46. The Bertz CT molecular complexity index is 925. The maximum atomic E-state index is 12.0. The van der Waals surface area contributed by atoms with Gasteiger partial charge in [-0.2, -0.15) is 0 Å². The molecule has 2 rings (SSSR count). The average Bonchev–Trinajstić information content (AvgIpc) is 2.70. The molecule has 1 saturated heterocycles. The van der Waals surface area contributed by atoms with Crippen molar-refractivity contribution in [1.82, 2.24) is 4.90 Å². The summed E-state index contributed by atoms with van der Waals surface area (Å²) < 4.78 is 19.1. The number of nitro groups is 1. The van der Waals surface area contributed by atoms with Crippen molar-refractivity contribution in [2.24, 2.45) is 0 Å². The number of carbonyl (C=O) groups excluding carboxylic acids is 3. The number of ether oxygens (including phenoxy) is 4. The second kappa shape index (κ2) is 12.6. The number of benzene rings is 1. The zero-order chi connectivity index (χ0) is 28.6. The lowest BCUT2D eigenvalue weighted by atomic mass is 10.2. The van der Waals surface area contributed by atoms with Gasteiger partial charge in [-0.05, 0) is 68.4 Å². The molecule has 12 heteroatoms. The molecule has 0 saturated carbocycles. The van der Waals surface area contributed by atoms with Crippen LogP contribution >= 0.6 is 0 Å². The van der Waals surface area contributed by atoms with E-state index >= 15 is 0 Å². The van der Waals surface area contributed by atoms with Crippen LogP contribution in [-0.2, 0) is 18.9 Å². The number of carbonyl (C=O) groups is 3. The van der Waals surface area contributed by atoms with E-state index in [1.54, 1.807) is 64.6 Å². The molecule has 0 N–H and O–H groups in total. The van der Waals surface area contributed by atoms with Gasteiger partial charge in [-0.3, -0.25) is 10.1 Å². The number of hydrogen-bond donors (Lipinski definition) is 0. The second-order valence-electron chi connectivity index (χ2n) is 11.2. The summed E-state index contributed by atoms with van der Waals surface area (Å²) in [6.45, 7) is 17.6. The average molecular weight is 526 g/mol. The highest BCUT2D eigenvalue weighted by atomic mass is 16.8. The van der Waals surface area contributed by atoms with Crippen molar-refractivity contribution in [3.63, 3.8) is 0 Å². The molecule has 0 radical (unpaired) electrons. The van der Waals surface area contributed by atoms with Crippen LogP contribution in [0, 0.1) is 10.1 Å². The normalized spacial score (nSPS) is 14.1. The Kier molecular flexibility index (Phi) is 10.7. The highest BCUT2D eigenvalue weighted by Crippen LogP contribution is 2.28. The molecule has 1 aliphatic rings. The molecule has 37 heavy (non-hydrogen) atoms. The third-order valence-electron chi connectivity index (χ3n) is 4.30. The fourth-order valence-electron chi connectivity index (χ4n) is 2.95. The highest BCUT2D eigenvalue weighted by Gasteiger charge is 2.28. The Morgan fingerprint density at radius 1 is 0.757 bits per heavy atom. The zero-order valence-corrected chi connectivity index (χ0v) is 23.2. The topological polar surface area (TPSA) is 138 Å². The lowest BCUT2D eigenvalue weighted by Crippen LogP contribution is -2.50. The quantitative estimate of drug-likeness (QED) is 0.159. The Morgan fingerprint density at radius 3 is 1.59 bits per heavy atom. The first kappa shape index (κ1) is 31.5. The van der Waals surface area contributed by atoms with Crippen LogP contribution in [0.1, 0.15) is 62.3 Å². The summed E-state index contributed by atoms with van der Waals surface area (Å²) in [7, 11) is 0. The fraction of sp³-hybridized carbons (Fsp3) is 0.640. The molecule has 0 unspecified atom stereocenters. The van der Waals surface area contributed by atoms with Gasteiger partial charge in [0.1, 0.15) is 22.5 Å². The highest BCUT2D eigenvalue weighted by molar-refractivity contribution is 5.77. The number of piperazine rings is 1. The van der Waals surface area contributed by atoms with Crippen molar-refractivity contribution in [2.45, 2.75) is 79.1 Å². The first-order valence-corrected chi connectivity index (χ1v) is 11.9. The van der Waals surface area contributed by atoms with Crippen molar-refractivity contribution in [2.75, 3.05) is 31.1 Å². The van der Waals surface area contributed by atoms with Gasteiger partial charge in [-0.25, -0.2) is 14.4 Å². The SMILES string of the molecule is CC(C)(C)OC(=O)N1CCN(c2ccccc2[N+](=O)[O-])CC1.CC(C)(C)OC(=O)OC(=O)OC(C)(C)C. The van der Waals surface area contributed by atoms with E-state index in [1.807, 2.05) is 25.7 Å². The van der Waals surface area contributed by atoms with Gasteiger partial charge in [0.05, 0.1) is 4.92 Å². The molecule has 1 aromatic rings. The van der Waals surface area contributed by atoms with Crippen LogP contribution in [0.15, 0.2) is 24.3 Å². The largest absolute Gasteiger partial charge is 0.519 e. The van der Waals surface area contributed by atoms with Crippen LogP contribution in [0.5, 0.6) is 0 Å². The minimum absolute atomic E-state index is 0.0909. The number of nitro benzene ring substituents is 1. The Morgan fingerprint density at radius 2 is 1.19 bits per heavy atom. The van der Waals surface area contributed by atoms with Gasteiger partial charge in [-0.1, -0.05) is 12.1 Å². The predicted octanol–water partition coefficient (Wildman–Crippen LogP) is 5.53. The first-order valence-electron chi connectivity index (χ1n) is 11.9. The molecule has 1 aliphatic heterocycles. The van der Waals surface area contributed by atoms with Gasteiger partial charge < -0.3 is 28.7 Å². The van der Waals surface area contributed by atoms with Gasteiger partial charge >= 0.3 is 18.4 Å². The summed E-state index contributed by atoms with van der Waals surface area (Å²) in [5, 5.41) is 11.1. The van der Waals surface area contributed by atoms with E-state index in [1.165, 1.54) is 6.07 Å². The molecule has 208 valence electrons. The van der Waals surface area contributed by atoms with E-state index in [-0.39, 0.29) is 16.7 Å². The van der Waals surface area contributed by atoms with Crippen LogP contribution in [0.4, 0.5) is 25.8 Å². The minimum atomic E-state index is -1.06. The molecular formula is C25H39N3O9. The maximum absolute atomic E-state index is 12.0. The molecule has 0 aromatic heterocycles. The standard InChI is InChI=1S/C15H21N3O4.C10H18O5/c1-15(2,3)22-14(19)17-10-8-16(9-11-17)12-6-4-5-7-13(12)18(20)21;1-9(2,3)14-7(11)13-8(12)15-10(4,5)6/h4-7H,8-11H2,1-3H3;1-6H3. The third kappa shape index (κ3) is 12.8. The number of anilines is 1. The molecule has 0 atom stereocenters. The Labute approximate surface area is 217 Å². The molecule has 1 heterocycles. The summed E-state index contributed by atoms with van der Waals surface area (Å²) in [5.74, 6) is 0. The van der Waals surface area contributed by atoms with E-state index in [2.05, 4.69) is 4.74 Å². The fourth-order valence-corrected chi connectivity index (χ4v) is 2.95. The number of para-hydroxylation sites is 2. The minimum Gasteiger partial charge on any atom is -0.444 e. The molecule has 0 aliphatic carbocycles. The first-order chi connectivity index (χ1) is 16.8. The molecule has 1 fully saturated rings. The molecule has 0 spiro atoms. The lowest BCUT2D eigenvalue weighted by molar-refractivity contribution is -0.384. The molecule has 0 bridgehead atoms. The zero-order valence-electron chi connectivity index (χ0n) is 23.2. The van der Waals surface area contributed by atoms with Crippen molar-refractivity contribution in [3.8, 4) is 0 Å². The van der Waals surface area contributed by atoms with Crippen LogP contribution in [0.25, 0.3) is 0 Å². The summed E-state index contributed by atoms with van der Waals surface area (Å²) in [4.78, 5) is 48.3. The van der Waals surface area contributed by atoms with Crippen molar-refractivity contribution >= 4 is 29.8 Å². The van der Waals surface area contributed by atoms with E-state index in [0.717, 1.165) is 0 Å². The van der Waals surface area contributed by atoms with Gasteiger partial charge in [0.2, 0.25) is 0 Å². The summed E-state index contributed by atoms with van der Waals surface area (Å²) >= 11 is 0. The van der Waals surface area contributed by atoms with E-state index in [0.29, 0.717) is 31.9 Å². The monoisotopic (exact) mass is 525 g/mol. The molecular weight excluding hydrogens is 486 g/mol. The maximum Gasteiger partial charge on any atom is 0.519 e. The Hall–Kier alpha value is -3.57. The summed E-state index contributed by atoms with van der Waals surface area (Å²) in [5.41, 5.74) is -1.23. The molecule has 1 amide bonds. The van der Waals surface area contributed by atoms with Crippen molar-refractivity contribution < 1.29 is 38.3 Å². The van der Waals surface area contributed by atoms with E-state index < -0.39 is 29.1 Å². The number of rotatable bonds is 2. The smallest absolute Gasteiger partial charge is 0.444 e. The van der Waals surface area contributed by atoms with Gasteiger partial charge in [-0.15, -0.1) is 0 Å². The number of hydrogen-bond acceptors (Lipinski definition) is 10. The number of nitrogens with zero attached hydrogens (tertiary/aromatic N) is 3. The second-order valence-corrected chi connectivity index (χ2v) is 11.2. The molecule has 12 nitrogen and oxygen atoms in total. The lowest BCUT2D eigenvalue weighted by Gasteiger charge is -2.36. The van der Waals surface area contributed by atoms with Crippen molar-refractivity contribution in [3.05, 3.63) is 34.4 Å². The van der Waals surface area contributed by atoms with Gasteiger partial charge in [0.15, 0.2) is 0 Å². The number of amides is 1. The summed E-state index contributed by atoms with van der Waals surface area (Å²) in [6, 6.07) is 6.66. The Balaban J connectivity index is 0.000000401. The van der Waals surface area contributed by atoms with Crippen LogP contribution in [-0.4, -0.2) is 71.2 Å². The van der Waals surface area contributed by atoms with Crippen LogP contribution in [0.2, 0.25) is 0 Å².